The molecular weight excluding hydrogens is 354 g/mol. The third-order valence-corrected chi connectivity index (χ3v) is 5.65. The maximum Gasteiger partial charge on any atom is 0.254 e. The van der Waals surface area contributed by atoms with Crippen molar-refractivity contribution in [3.63, 3.8) is 0 Å². The predicted octanol–water partition coefficient (Wildman–Crippen LogP) is 1.93. The minimum Gasteiger partial charge on any atom is -0.394 e. The highest BCUT2D eigenvalue weighted by molar-refractivity contribution is 5.97. The standard InChI is InChI=1S/C22H23N3O3/c1-2-3-15-4-6-16(7-5-15)21-18-12-24(13-20(27)25(18)19(21)14-26)22(28)17-8-10-23-11-9-17/h2-11,18-19,21,26H,12-14H2,1H3/b3-2+/t18-,19+,21-/m1/s1. The van der Waals surface area contributed by atoms with E-state index in [1.165, 1.54) is 0 Å². The molecule has 0 aliphatic carbocycles. The Morgan fingerprint density at radius 2 is 1.93 bits per heavy atom. The molecular formula is C22H23N3O3. The molecule has 1 N–H and O–H groups in total. The lowest BCUT2D eigenvalue weighted by atomic mass is 9.73. The third-order valence-electron chi connectivity index (χ3n) is 5.65. The molecule has 2 amide bonds. The molecule has 2 aliphatic heterocycles. The van der Waals surface area contributed by atoms with Crippen molar-refractivity contribution in [1.82, 2.24) is 14.8 Å². The van der Waals surface area contributed by atoms with Crippen LogP contribution in [0, 0.1) is 0 Å². The number of rotatable bonds is 4. The summed E-state index contributed by atoms with van der Waals surface area (Å²) in [5, 5.41) is 9.87. The lowest BCUT2D eigenvalue weighted by Crippen LogP contribution is -2.73. The Bertz CT molecular complexity index is 895. The summed E-state index contributed by atoms with van der Waals surface area (Å²) >= 11 is 0. The Hall–Kier alpha value is -2.99. The highest BCUT2D eigenvalue weighted by Gasteiger charge is 2.54. The van der Waals surface area contributed by atoms with Crippen molar-refractivity contribution in [3.8, 4) is 0 Å². The molecule has 6 nitrogen and oxygen atoms in total. The van der Waals surface area contributed by atoms with Gasteiger partial charge in [-0.3, -0.25) is 14.6 Å². The number of aliphatic hydroxyl groups excluding tert-OH is 1. The number of hydrogen-bond donors (Lipinski definition) is 1. The quantitative estimate of drug-likeness (QED) is 0.884. The van der Waals surface area contributed by atoms with E-state index in [-0.39, 0.29) is 43.0 Å². The number of piperazine rings is 1. The molecule has 2 aliphatic rings. The van der Waals surface area contributed by atoms with Crippen molar-refractivity contribution in [2.45, 2.75) is 24.9 Å². The highest BCUT2D eigenvalue weighted by atomic mass is 16.3. The first-order valence-electron chi connectivity index (χ1n) is 9.48. The van der Waals surface area contributed by atoms with Gasteiger partial charge in [-0.05, 0) is 30.2 Å². The molecule has 4 rings (SSSR count). The van der Waals surface area contributed by atoms with Crippen LogP contribution in [0.15, 0.2) is 54.9 Å². The van der Waals surface area contributed by atoms with E-state index in [1.54, 1.807) is 34.3 Å². The molecule has 1 aromatic carbocycles. The first-order chi connectivity index (χ1) is 13.6. The third kappa shape index (κ3) is 3.10. The zero-order valence-corrected chi connectivity index (χ0v) is 15.7. The lowest BCUT2D eigenvalue weighted by molar-refractivity contribution is -0.159. The smallest absolute Gasteiger partial charge is 0.254 e. The predicted molar refractivity (Wildman–Crippen MR) is 106 cm³/mol. The molecule has 0 bridgehead atoms. The Balaban J connectivity index is 1.58. The van der Waals surface area contributed by atoms with Gasteiger partial charge in [-0.2, -0.15) is 0 Å². The van der Waals surface area contributed by atoms with Crippen LogP contribution >= 0.6 is 0 Å². The van der Waals surface area contributed by atoms with Crippen LogP contribution in [0.5, 0.6) is 0 Å². The summed E-state index contributed by atoms with van der Waals surface area (Å²) in [5.74, 6) is -0.258. The molecule has 2 fully saturated rings. The van der Waals surface area contributed by atoms with Crippen LogP contribution in [0.25, 0.3) is 6.08 Å². The summed E-state index contributed by atoms with van der Waals surface area (Å²) in [6.45, 7) is 2.40. The number of carbonyl (C=O) groups is 2. The Morgan fingerprint density at radius 1 is 1.21 bits per heavy atom. The van der Waals surface area contributed by atoms with Crippen molar-refractivity contribution >= 4 is 17.9 Å². The van der Waals surface area contributed by atoms with Gasteiger partial charge in [-0.1, -0.05) is 36.4 Å². The van der Waals surface area contributed by atoms with E-state index in [0.717, 1.165) is 11.1 Å². The van der Waals surface area contributed by atoms with Crippen molar-refractivity contribution in [2.24, 2.45) is 0 Å². The fraction of sp³-hybridized carbons (Fsp3) is 0.318. The van der Waals surface area contributed by atoms with Crippen molar-refractivity contribution in [1.29, 1.82) is 0 Å². The minimum atomic E-state index is -0.233. The maximum atomic E-state index is 12.8. The van der Waals surface area contributed by atoms with Gasteiger partial charge in [-0.15, -0.1) is 0 Å². The number of fused-ring (bicyclic) bond motifs is 1. The fourth-order valence-corrected chi connectivity index (χ4v) is 4.35. The second-order valence-electron chi connectivity index (χ2n) is 7.23. The normalized spacial score (nSPS) is 24.2. The van der Waals surface area contributed by atoms with Gasteiger partial charge in [0.15, 0.2) is 0 Å². The Labute approximate surface area is 164 Å². The summed E-state index contributed by atoms with van der Waals surface area (Å²) in [6.07, 6.45) is 7.16. The molecule has 3 atom stereocenters. The molecule has 1 aromatic heterocycles. The lowest BCUT2D eigenvalue weighted by Gasteiger charge is -2.58. The molecule has 0 spiro atoms. The van der Waals surface area contributed by atoms with Crippen molar-refractivity contribution in [2.75, 3.05) is 19.7 Å². The summed E-state index contributed by atoms with van der Waals surface area (Å²) in [4.78, 5) is 32.8. The number of benzene rings is 1. The Morgan fingerprint density at radius 3 is 2.57 bits per heavy atom. The summed E-state index contributed by atoms with van der Waals surface area (Å²) in [7, 11) is 0. The van der Waals surface area contributed by atoms with E-state index in [2.05, 4.69) is 4.98 Å². The number of allylic oxidation sites excluding steroid dienone is 1. The number of carbonyl (C=O) groups excluding carboxylic acids is 2. The first kappa shape index (κ1) is 18.4. The molecule has 0 saturated carbocycles. The summed E-state index contributed by atoms with van der Waals surface area (Å²) < 4.78 is 0. The van der Waals surface area contributed by atoms with Gasteiger partial charge in [0.1, 0.15) is 6.54 Å². The number of hydrogen-bond acceptors (Lipinski definition) is 4. The molecule has 6 heteroatoms. The van der Waals surface area contributed by atoms with Crippen LogP contribution < -0.4 is 0 Å². The molecule has 0 radical (unpaired) electrons. The Kier molecular flexibility index (Phi) is 4.96. The van der Waals surface area contributed by atoms with E-state index in [4.69, 9.17) is 0 Å². The zero-order valence-electron chi connectivity index (χ0n) is 15.7. The monoisotopic (exact) mass is 377 g/mol. The average molecular weight is 377 g/mol. The van der Waals surface area contributed by atoms with Crippen molar-refractivity contribution < 1.29 is 14.7 Å². The average Bonchev–Trinajstić information content (AvgIpc) is 2.71. The van der Waals surface area contributed by atoms with Crippen LogP contribution in [-0.4, -0.2) is 63.5 Å². The van der Waals surface area contributed by atoms with Crippen LogP contribution in [0.4, 0.5) is 0 Å². The van der Waals surface area contributed by atoms with Gasteiger partial charge < -0.3 is 14.9 Å². The fourth-order valence-electron chi connectivity index (χ4n) is 4.35. The number of aliphatic hydroxyl groups is 1. The number of nitrogens with zero attached hydrogens (tertiary/aromatic N) is 3. The molecule has 2 aromatic rings. The van der Waals surface area contributed by atoms with Gasteiger partial charge in [0.2, 0.25) is 5.91 Å². The van der Waals surface area contributed by atoms with Crippen LogP contribution in [0.3, 0.4) is 0 Å². The van der Waals surface area contributed by atoms with Crippen LogP contribution in [0.1, 0.15) is 34.3 Å². The van der Waals surface area contributed by atoms with Crippen molar-refractivity contribution in [3.05, 3.63) is 71.6 Å². The molecule has 144 valence electrons. The van der Waals surface area contributed by atoms with Gasteiger partial charge in [-0.25, -0.2) is 0 Å². The van der Waals surface area contributed by atoms with E-state index in [9.17, 15) is 14.7 Å². The highest BCUT2D eigenvalue weighted by Crippen LogP contribution is 2.43. The minimum absolute atomic E-state index is 0.0154. The maximum absolute atomic E-state index is 12.8. The van der Waals surface area contributed by atoms with Gasteiger partial charge >= 0.3 is 0 Å². The SMILES string of the molecule is C/C=C/c1ccc([C@@H]2[C@H]3CN(C(=O)c4ccncc4)CC(=O)N3[C@H]2CO)cc1. The van der Waals surface area contributed by atoms with E-state index < -0.39 is 0 Å². The second kappa shape index (κ2) is 7.56. The number of pyridine rings is 1. The molecule has 2 saturated heterocycles. The molecule has 28 heavy (non-hydrogen) atoms. The largest absolute Gasteiger partial charge is 0.394 e. The van der Waals surface area contributed by atoms with Crippen LogP contribution in [-0.2, 0) is 4.79 Å². The van der Waals surface area contributed by atoms with Gasteiger partial charge in [0, 0.05) is 30.4 Å². The van der Waals surface area contributed by atoms with E-state index in [0.29, 0.717) is 12.1 Å². The van der Waals surface area contributed by atoms with Gasteiger partial charge in [0.25, 0.3) is 5.91 Å². The van der Waals surface area contributed by atoms with Gasteiger partial charge in [0.05, 0.1) is 18.7 Å². The summed E-state index contributed by atoms with van der Waals surface area (Å²) in [5.41, 5.74) is 2.72. The molecule has 3 heterocycles. The summed E-state index contributed by atoms with van der Waals surface area (Å²) in [6, 6.07) is 11.2. The topological polar surface area (TPSA) is 73.7 Å². The molecule has 0 unspecified atom stereocenters. The van der Waals surface area contributed by atoms with Crippen LogP contribution in [0.2, 0.25) is 0 Å². The van der Waals surface area contributed by atoms with E-state index in [1.807, 2.05) is 43.3 Å². The number of aromatic nitrogens is 1. The number of amides is 2. The zero-order chi connectivity index (χ0) is 19.7. The first-order valence-corrected chi connectivity index (χ1v) is 9.48. The second-order valence-corrected chi connectivity index (χ2v) is 7.23. The van der Waals surface area contributed by atoms with E-state index >= 15 is 0 Å².